The van der Waals surface area contributed by atoms with E-state index in [-0.39, 0.29) is 0 Å². The van der Waals surface area contributed by atoms with Crippen molar-refractivity contribution in [2.75, 3.05) is 6.61 Å². The molecule has 0 radical (unpaired) electrons. The molecular formula is C4H9NO4. The van der Waals surface area contributed by atoms with Crippen LogP contribution in [0.4, 0.5) is 0 Å². The number of aliphatic hydroxyl groups excluding tert-OH is 3. The second kappa shape index (κ2) is 3.39. The Kier molecular flexibility index (Phi) is 3.15. The van der Waals surface area contributed by atoms with Gasteiger partial charge in [-0.2, -0.15) is 0 Å². The Morgan fingerprint density at radius 1 is 1.56 bits per heavy atom. The van der Waals surface area contributed by atoms with Crippen molar-refractivity contribution in [1.29, 1.82) is 0 Å². The van der Waals surface area contributed by atoms with Gasteiger partial charge in [0.1, 0.15) is 6.10 Å². The van der Waals surface area contributed by atoms with E-state index in [1.807, 2.05) is 0 Å². The van der Waals surface area contributed by atoms with Crippen LogP contribution >= 0.6 is 0 Å². The van der Waals surface area contributed by atoms with Gasteiger partial charge in [0, 0.05) is 0 Å². The average Bonchev–Trinajstić information content (AvgIpc) is 1.84. The molecule has 0 aromatic carbocycles. The number of carbonyl (C=O) groups is 1. The SMILES string of the molecule is NC(=O)[C@@H](O)[C@H](O)CO. The van der Waals surface area contributed by atoms with Crippen LogP contribution in [0.5, 0.6) is 0 Å². The molecule has 0 spiro atoms. The van der Waals surface area contributed by atoms with Crippen LogP contribution < -0.4 is 5.73 Å². The molecule has 0 heterocycles. The van der Waals surface area contributed by atoms with Gasteiger partial charge in [-0.1, -0.05) is 0 Å². The van der Waals surface area contributed by atoms with Crippen molar-refractivity contribution in [2.45, 2.75) is 12.2 Å². The molecule has 54 valence electrons. The zero-order valence-electron chi connectivity index (χ0n) is 4.69. The van der Waals surface area contributed by atoms with Crippen LogP contribution in [0.15, 0.2) is 0 Å². The summed E-state index contributed by atoms with van der Waals surface area (Å²) in [6, 6.07) is 0. The first-order valence-corrected chi connectivity index (χ1v) is 2.36. The van der Waals surface area contributed by atoms with Gasteiger partial charge in [0.25, 0.3) is 0 Å². The van der Waals surface area contributed by atoms with Crippen molar-refractivity contribution in [3.05, 3.63) is 0 Å². The molecule has 0 unspecified atom stereocenters. The van der Waals surface area contributed by atoms with Crippen molar-refractivity contribution >= 4 is 5.91 Å². The van der Waals surface area contributed by atoms with Gasteiger partial charge in [0.15, 0.2) is 6.10 Å². The van der Waals surface area contributed by atoms with E-state index in [2.05, 4.69) is 5.73 Å². The molecule has 0 rings (SSSR count). The van der Waals surface area contributed by atoms with Gasteiger partial charge in [0.2, 0.25) is 5.91 Å². The fourth-order valence-electron chi connectivity index (χ4n) is 0.289. The lowest BCUT2D eigenvalue weighted by atomic mass is 10.2. The Morgan fingerprint density at radius 3 is 2.11 bits per heavy atom. The number of nitrogens with two attached hydrogens (primary N) is 1. The van der Waals surface area contributed by atoms with Crippen molar-refractivity contribution in [2.24, 2.45) is 5.73 Å². The second-order valence-corrected chi connectivity index (χ2v) is 1.60. The number of rotatable bonds is 3. The van der Waals surface area contributed by atoms with Crippen molar-refractivity contribution < 1.29 is 20.1 Å². The first-order chi connectivity index (χ1) is 4.09. The summed E-state index contributed by atoms with van der Waals surface area (Å²) in [5.74, 6) is -1.04. The number of amides is 1. The minimum Gasteiger partial charge on any atom is -0.394 e. The molecule has 0 aliphatic carbocycles. The fraction of sp³-hybridized carbons (Fsp3) is 0.750. The Bertz CT molecular complexity index is 105. The normalized spacial score (nSPS) is 16.8. The highest BCUT2D eigenvalue weighted by Gasteiger charge is 2.19. The summed E-state index contributed by atoms with van der Waals surface area (Å²) >= 11 is 0. The van der Waals surface area contributed by atoms with Gasteiger partial charge in [-0.15, -0.1) is 0 Å². The van der Waals surface area contributed by atoms with Crippen LogP contribution in [-0.2, 0) is 4.79 Å². The molecule has 2 atom stereocenters. The third-order valence-electron chi connectivity index (χ3n) is 0.843. The smallest absolute Gasteiger partial charge is 0.249 e. The highest BCUT2D eigenvalue weighted by Crippen LogP contribution is 1.89. The third kappa shape index (κ3) is 2.41. The molecule has 0 saturated carbocycles. The van der Waals surface area contributed by atoms with Crippen LogP contribution in [0.2, 0.25) is 0 Å². The molecule has 9 heavy (non-hydrogen) atoms. The van der Waals surface area contributed by atoms with Crippen molar-refractivity contribution in [1.82, 2.24) is 0 Å². The van der Waals surface area contributed by atoms with Gasteiger partial charge >= 0.3 is 0 Å². The summed E-state index contributed by atoms with van der Waals surface area (Å²) in [6.07, 6.45) is -3.14. The van der Waals surface area contributed by atoms with Crippen LogP contribution in [0, 0.1) is 0 Å². The summed E-state index contributed by atoms with van der Waals surface area (Å²) in [5.41, 5.74) is 4.55. The van der Waals surface area contributed by atoms with Crippen LogP contribution in [0.3, 0.4) is 0 Å². The number of aliphatic hydroxyl groups is 3. The fourth-order valence-corrected chi connectivity index (χ4v) is 0.289. The average molecular weight is 135 g/mol. The molecule has 0 aliphatic rings. The zero-order valence-corrected chi connectivity index (χ0v) is 4.69. The molecule has 0 aromatic heterocycles. The molecule has 0 bridgehead atoms. The Labute approximate surface area is 51.7 Å². The minimum absolute atomic E-state index is 0.676. The van der Waals surface area contributed by atoms with E-state index in [1.54, 1.807) is 0 Å². The number of carbonyl (C=O) groups excluding carboxylic acids is 1. The number of primary amides is 1. The minimum atomic E-state index is -1.67. The molecular weight excluding hydrogens is 126 g/mol. The summed E-state index contributed by atoms with van der Waals surface area (Å²) < 4.78 is 0. The van der Waals surface area contributed by atoms with Crippen molar-refractivity contribution in [3.8, 4) is 0 Å². The van der Waals surface area contributed by atoms with Crippen molar-refractivity contribution in [3.63, 3.8) is 0 Å². The summed E-state index contributed by atoms with van der Waals surface area (Å²) in [4.78, 5) is 10.0. The predicted molar refractivity (Wildman–Crippen MR) is 28.3 cm³/mol. The maximum absolute atomic E-state index is 10.0. The van der Waals surface area contributed by atoms with E-state index in [0.717, 1.165) is 0 Å². The molecule has 0 aliphatic heterocycles. The maximum Gasteiger partial charge on any atom is 0.249 e. The maximum atomic E-state index is 10.0. The van der Waals surface area contributed by atoms with E-state index < -0.39 is 24.7 Å². The third-order valence-corrected chi connectivity index (χ3v) is 0.843. The summed E-state index contributed by atoms with van der Waals surface area (Å²) in [7, 11) is 0. The van der Waals surface area contributed by atoms with E-state index in [0.29, 0.717) is 0 Å². The van der Waals surface area contributed by atoms with Gasteiger partial charge < -0.3 is 21.1 Å². The summed E-state index contributed by atoms with van der Waals surface area (Å²) in [6.45, 7) is -0.676. The van der Waals surface area contributed by atoms with E-state index in [4.69, 9.17) is 15.3 Å². The molecule has 0 saturated heterocycles. The Hall–Kier alpha value is -0.650. The Balaban J connectivity index is 3.72. The molecule has 5 N–H and O–H groups in total. The second-order valence-electron chi connectivity index (χ2n) is 1.60. The molecule has 1 amide bonds. The number of hydrogen-bond donors (Lipinski definition) is 4. The van der Waals surface area contributed by atoms with Crippen LogP contribution in [-0.4, -0.2) is 40.0 Å². The lowest BCUT2D eigenvalue weighted by molar-refractivity contribution is -0.133. The van der Waals surface area contributed by atoms with E-state index in [9.17, 15) is 4.79 Å². The van der Waals surface area contributed by atoms with E-state index >= 15 is 0 Å². The molecule has 0 fully saturated rings. The lowest BCUT2D eigenvalue weighted by Crippen LogP contribution is -2.40. The van der Waals surface area contributed by atoms with Gasteiger partial charge in [0.05, 0.1) is 6.61 Å². The predicted octanol–water partition coefficient (Wildman–Crippen LogP) is -2.81. The molecule has 5 nitrogen and oxygen atoms in total. The van der Waals surface area contributed by atoms with Crippen LogP contribution in [0.25, 0.3) is 0 Å². The zero-order chi connectivity index (χ0) is 7.44. The Morgan fingerprint density at radius 2 is 2.00 bits per heavy atom. The standard InChI is InChI=1S/C4H9NO4/c5-4(9)3(8)2(7)1-6/h2-3,6-8H,1H2,(H2,5,9)/t2-,3+/m1/s1. The highest BCUT2D eigenvalue weighted by atomic mass is 16.4. The first kappa shape index (κ1) is 8.35. The largest absolute Gasteiger partial charge is 0.394 e. The lowest BCUT2D eigenvalue weighted by Gasteiger charge is -2.10. The topological polar surface area (TPSA) is 104 Å². The molecule has 0 aromatic rings. The quantitative estimate of drug-likeness (QED) is 0.335. The van der Waals surface area contributed by atoms with Crippen LogP contribution in [0.1, 0.15) is 0 Å². The van der Waals surface area contributed by atoms with Gasteiger partial charge in [-0.05, 0) is 0 Å². The summed E-state index contributed by atoms with van der Waals surface area (Å²) in [5, 5.41) is 25.1. The molecule has 5 heteroatoms. The first-order valence-electron chi connectivity index (χ1n) is 2.36. The number of hydrogen-bond acceptors (Lipinski definition) is 4. The monoisotopic (exact) mass is 135 g/mol. The van der Waals surface area contributed by atoms with Gasteiger partial charge in [-0.25, -0.2) is 0 Å². The van der Waals surface area contributed by atoms with Gasteiger partial charge in [-0.3, -0.25) is 4.79 Å². The van der Waals surface area contributed by atoms with E-state index in [1.165, 1.54) is 0 Å². The highest BCUT2D eigenvalue weighted by molar-refractivity contribution is 5.79.